The van der Waals surface area contributed by atoms with E-state index < -0.39 is 6.04 Å². The summed E-state index contributed by atoms with van der Waals surface area (Å²) in [5, 5.41) is 2.42. The average molecular weight is 156 g/mol. The summed E-state index contributed by atoms with van der Waals surface area (Å²) in [7, 11) is 1.52. The van der Waals surface area contributed by atoms with Crippen LogP contribution < -0.4 is 5.32 Å². The first-order valence-electron chi connectivity index (χ1n) is 3.39. The second-order valence-corrected chi connectivity index (χ2v) is 1.94. The largest absolute Gasteiger partial charge is 0.357 e. The second-order valence-electron chi connectivity index (χ2n) is 1.94. The first-order chi connectivity index (χ1) is 5.26. The van der Waals surface area contributed by atoms with Crippen LogP contribution in [0.5, 0.6) is 0 Å². The van der Waals surface area contributed by atoms with Crippen LogP contribution in [0.3, 0.4) is 0 Å². The Bertz CT molecular complexity index is 166. The van der Waals surface area contributed by atoms with Gasteiger partial charge in [-0.25, -0.2) is 0 Å². The van der Waals surface area contributed by atoms with Crippen LogP contribution in [0.1, 0.15) is 13.3 Å². The first-order valence-corrected chi connectivity index (χ1v) is 3.39. The lowest BCUT2D eigenvalue weighted by Gasteiger charge is -2.05. The standard InChI is InChI=1S/C7H12N2O2/c1-3-9-6(4-5-10)7(11)8-2/h3,5-6H,4H2,1-2H3,(H,8,11). The minimum Gasteiger partial charge on any atom is -0.357 e. The number of rotatable bonds is 4. The monoisotopic (exact) mass is 156 g/mol. The molecule has 0 aliphatic heterocycles. The minimum atomic E-state index is -0.553. The van der Waals surface area contributed by atoms with Gasteiger partial charge in [0.25, 0.3) is 0 Å². The zero-order valence-corrected chi connectivity index (χ0v) is 6.70. The van der Waals surface area contributed by atoms with Crippen LogP contribution in [0.25, 0.3) is 0 Å². The minimum absolute atomic E-state index is 0.143. The molecule has 0 spiro atoms. The molecular formula is C7H12N2O2. The van der Waals surface area contributed by atoms with Gasteiger partial charge in [-0.05, 0) is 13.1 Å². The predicted octanol–water partition coefficient (Wildman–Crippen LogP) is -0.219. The van der Waals surface area contributed by atoms with Gasteiger partial charge in [0.05, 0.1) is 0 Å². The van der Waals surface area contributed by atoms with E-state index in [1.807, 2.05) is 0 Å². The van der Waals surface area contributed by atoms with Crippen LogP contribution in [0.4, 0.5) is 0 Å². The van der Waals surface area contributed by atoms with Gasteiger partial charge in [-0.1, -0.05) is 0 Å². The third-order valence-corrected chi connectivity index (χ3v) is 1.20. The molecule has 0 heterocycles. The van der Waals surface area contributed by atoms with Crippen molar-refractivity contribution in [3.05, 3.63) is 0 Å². The van der Waals surface area contributed by atoms with Gasteiger partial charge in [0.15, 0.2) is 0 Å². The SMILES string of the molecule is CC=NC(CC=O)C(=O)NC. The number of nitrogens with zero attached hydrogens (tertiary/aromatic N) is 1. The highest BCUT2D eigenvalue weighted by Gasteiger charge is 2.12. The van der Waals surface area contributed by atoms with E-state index in [1.165, 1.54) is 13.3 Å². The van der Waals surface area contributed by atoms with Gasteiger partial charge in [-0.2, -0.15) is 0 Å². The van der Waals surface area contributed by atoms with Crippen LogP contribution in [0, 0.1) is 0 Å². The lowest BCUT2D eigenvalue weighted by atomic mass is 10.2. The number of aldehydes is 1. The zero-order chi connectivity index (χ0) is 8.69. The average Bonchev–Trinajstić information content (AvgIpc) is 2.03. The Hall–Kier alpha value is -1.19. The summed E-state index contributed by atoms with van der Waals surface area (Å²) in [6, 6.07) is -0.553. The van der Waals surface area contributed by atoms with Crippen molar-refractivity contribution in [1.82, 2.24) is 5.32 Å². The molecule has 0 saturated carbocycles. The van der Waals surface area contributed by atoms with Crippen LogP contribution in [-0.2, 0) is 9.59 Å². The molecule has 1 atom stereocenters. The van der Waals surface area contributed by atoms with Gasteiger partial charge < -0.3 is 10.1 Å². The molecule has 0 saturated heterocycles. The molecule has 1 amide bonds. The van der Waals surface area contributed by atoms with E-state index in [9.17, 15) is 9.59 Å². The van der Waals surface area contributed by atoms with Crippen LogP contribution >= 0.6 is 0 Å². The molecule has 0 radical (unpaired) electrons. The van der Waals surface area contributed by atoms with E-state index in [2.05, 4.69) is 10.3 Å². The van der Waals surface area contributed by atoms with Crippen molar-refractivity contribution in [2.45, 2.75) is 19.4 Å². The Balaban J connectivity index is 4.08. The Labute approximate surface area is 65.7 Å². The number of carbonyl (C=O) groups excluding carboxylic acids is 2. The molecule has 0 aliphatic rings. The fourth-order valence-corrected chi connectivity index (χ4v) is 0.673. The normalized spacial score (nSPS) is 12.9. The Morgan fingerprint density at radius 3 is 2.73 bits per heavy atom. The van der Waals surface area contributed by atoms with Gasteiger partial charge in [0.1, 0.15) is 12.3 Å². The Morgan fingerprint density at radius 1 is 1.73 bits per heavy atom. The lowest BCUT2D eigenvalue weighted by Crippen LogP contribution is -2.30. The highest BCUT2D eigenvalue weighted by molar-refractivity contribution is 5.85. The number of hydrogen-bond donors (Lipinski definition) is 1. The van der Waals surface area contributed by atoms with E-state index in [4.69, 9.17) is 0 Å². The summed E-state index contributed by atoms with van der Waals surface area (Å²) in [6.45, 7) is 1.71. The third-order valence-electron chi connectivity index (χ3n) is 1.20. The quantitative estimate of drug-likeness (QED) is 0.452. The number of aliphatic imine (C=N–C) groups is 1. The summed E-state index contributed by atoms with van der Waals surface area (Å²) in [5.74, 6) is -0.227. The molecule has 0 aromatic heterocycles. The summed E-state index contributed by atoms with van der Waals surface area (Å²) >= 11 is 0. The molecule has 0 rings (SSSR count). The first kappa shape index (κ1) is 9.81. The molecule has 1 unspecified atom stereocenters. The Kier molecular flexibility index (Phi) is 4.98. The van der Waals surface area contributed by atoms with Crippen molar-refractivity contribution in [2.24, 2.45) is 4.99 Å². The van der Waals surface area contributed by atoms with Crippen molar-refractivity contribution in [2.75, 3.05) is 7.05 Å². The van der Waals surface area contributed by atoms with Crippen molar-refractivity contribution < 1.29 is 9.59 Å². The molecule has 62 valence electrons. The van der Waals surface area contributed by atoms with Gasteiger partial charge in [0, 0.05) is 13.5 Å². The molecule has 4 nitrogen and oxygen atoms in total. The highest BCUT2D eigenvalue weighted by Crippen LogP contribution is 1.94. The summed E-state index contributed by atoms with van der Waals surface area (Å²) < 4.78 is 0. The van der Waals surface area contributed by atoms with Gasteiger partial charge >= 0.3 is 0 Å². The molecule has 4 heteroatoms. The van der Waals surface area contributed by atoms with Crippen molar-refractivity contribution in [3.8, 4) is 0 Å². The zero-order valence-electron chi connectivity index (χ0n) is 6.70. The van der Waals surface area contributed by atoms with Crippen LogP contribution in [0.2, 0.25) is 0 Å². The van der Waals surface area contributed by atoms with E-state index in [-0.39, 0.29) is 12.3 Å². The van der Waals surface area contributed by atoms with Gasteiger partial charge in [0.2, 0.25) is 5.91 Å². The maximum atomic E-state index is 10.9. The second kappa shape index (κ2) is 5.58. The predicted molar refractivity (Wildman–Crippen MR) is 42.7 cm³/mol. The van der Waals surface area contributed by atoms with Crippen molar-refractivity contribution in [1.29, 1.82) is 0 Å². The number of carbonyl (C=O) groups is 2. The summed E-state index contributed by atoms with van der Waals surface area (Å²) in [6.07, 6.45) is 2.35. The van der Waals surface area contributed by atoms with E-state index in [0.717, 1.165) is 0 Å². The smallest absolute Gasteiger partial charge is 0.244 e. The maximum Gasteiger partial charge on any atom is 0.244 e. The molecule has 11 heavy (non-hydrogen) atoms. The van der Waals surface area contributed by atoms with E-state index in [1.54, 1.807) is 6.92 Å². The summed E-state index contributed by atoms with van der Waals surface area (Å²) in [4.78, 5) is 24.8. The van der Waals surface area contributed by atoms with Gasteiger partial charge in [-0.15, -0.1) is 0 Å². The number of nitrogens with one attached hydrogen (secondary N) is 1. The summed E-state index contributed by atoms with van der Waals surface area (Å²) in [5.41, 5.74) is 0. The topological polar surface area (TPSA) is 58.5 Å². The van der Waals surface area contributed by atoms with Crippen molar-refractivity contribution in [3.63, 3.8) is 0 Å². The molecular weight excluding hydrogens is 144 g/mol. The fraction of sp³-hybridized carbons (Fsp3) is 0.571. The number of likely N-dealkylation sites (N-methyl/N-ethyl adjacent to an activating group) is 1. The molecule has 0 fully saturated rings. The molecule has 0 bridgehead atoms. The molecule has 0 aromatic carbocycles. The lowest BCUT2D eigenvalue weighted by molar-refractivity contribution is -0.123. The van der Waals surface area contributed by atoms with Crippen LogP contribution in [-0.4, -0.2) is 31.5 Å². The van der Waals surface area contributed by atoms with E-state index >= 15 is 0 Å². The number of hydrogen-bond acceptors (Lipinski definition) is 3. The number of amides is 1. The Morgan fingerprint density at radius 2 is 2.36 bits per heavy atom. The third kappa shape index (κ3) is 3.50. The molecule has 1 N–H and O–H groups in total. The highest BCUT2D eigenvalue weighted by atomic mass is 16.2. The fourth-order valence-electron chi connectivity index (χ4n) is 0.673. The molecule has 0 aliphatic carbocycles. The maximum absolute atomic E-state index is 10.9. The molecule has 0 aromatic rings. The van der Waals surface area contributed by atoms with Crippen molar-refractivity contribution >= 4 is 18.4 Å². The van der Waals surface area contributed by atoms with Gasteiger partial charge in [-0.3, -0.25) is 9.79 Å². The van der Waals surface area contributed by atoms with E-state index in [0.29, 0.717) is 6.29 Å². The van der Waals surface area contributed by atoms with Crippen LogP contribution in [0.15, 0.2) is 4.99 Å².